The van der Waals surface area contributed by atoms with E-state index in [2.05, 4.69) is 15.4 Å². The van der Waals surface area contributed by atoms with Crippen molar-refractivity contribution >= 4 is 11.8 Å². The van der Waals surface area contributed by atoms with Crippen LogP contribution in [0.15, 0.2) is 4.90 Å². The van der Waals surface area contributed by atoms with Crippen molar-refractivity contribution in [1.29, 1.82) is 0 Å². The smallest absolute Gasteiger partial charge is 0.133 e. The van der Waals surface area contributed by atoms with Crippen LogP contribution in [0.1, 0.15) is 11.4 Å². The summed E-state index contributed by atoms with van der Waals surface area (Å²) in [6.07, 6.45) is 38.2. The molecule has 0 aliphatic heterocycles. The van der Waals surface area contributed by atoms with Crippen molar-refractivity contribution in [2.24, 2.45) is 0 Å². The summed E-state index contributed by atoms with van der Waals surface area (Å²) in [5, 5.41) is 12.3. The number of rotatable bonds is 3. The first-order valence-electron chi connectivity index (χ1n) is 8.95. The zero-order valence-electron chi connectivity index (χ0n) is 16.3. The van der Waals surface area contributed by atoms with Gasteiger partial charge in [-0.2, -0.15) is 0 Å². The Morgan fingerprint density at radius 1 is 0.500 bits per heavy atom. The van der Waals surface area contributed by atoms with Gasteiger partial charge in [-0.25, -0.2) is 0 Å². The molecule has 150 valence electrons. The first kappa shape index (κ1) is 28.4. The quantitative estimate of drug-likeness (QED) is 0.467. The van der Waals surface area contributed by atoms with Crippen molar-refractivity contribution in [3.8, 4) is 0 Å². The summed E-state index contributed by atoms with van der Waals surface area (Å²) in [4.78, 5) is 1.07. The fourth-order valence-corrected chi connectivity index (χ4v) is 3.30. The average molecular weight is 495 g/mol. The molecule has 1 aromatic rings. The molecule has 4 saturated carbocycles. The molecule has 0 saturated heterocycles. The number of thioether (sulfide) groups is 1. The third-order valence-corrected chi connectivity index (χ3v) is 4.70. The van der Waals surface area contributed by atoms with Gasteiger partial charge in [-0.15, -0.1) is 22.0 Å². The van der Waals surface area contributed by atoms with Crippen molar-refractivity contribution in [2.45, 2.75) is 4.90 Å². The van der Waals surface area contributed by atoms with Crippen LogP contribution in [0.25, 0.3) is 0 Å². The van der Waals surface area contributed by atoms with Gasteiger partial charge in [0.1, 0.15) is 0 Å². The van der Waals surface area contributed by atoms with E-state index in [1.807, 2.05) is 122 Å². The predicted molar refractivity (Wildman–Crippen MR) is 114 cm³/mol. The van der Waals surface area contributed by atoms with E-state index in [0.717, 1.165) is 28.1 Å². The molecule has 0 unspecified atom stereocenters. The Kier molecular flexibility index (Phi) is 16.1. The molecule has 0 aromatic carbocycles. The summed E-state index contributed by atoms with van der Waals surface area (Å²) in [5.74, 6) is 2.17. The van der Waals surface area contributed by atoms with Crippen molar-refractivity contribution in [2.75, 3.05) is 6.26 Å². The fourth-order valence-electron chi connectivity index (χ4n) is 2.59. The van der Waals surface area contributed by atoms with Crippen LogP contribution in [0, 0.1) is 127 Å². The van der Waals surface area contributed by atoms with Gasteiger partial charge in [0.25, 0.3) is 0 Å². The number of hydrogen-bond donors (Lipinski definition) is 0. The first-order chi connectivity index (χ1) is 13.9. The van der Waals surface area contributed by atoms with E-state index >= 15 is 0 Å². The normalized spacial score (nSPS) is 21.1. The van der Waals surface area contributed by atoms with Crippen LogP contribution < -0.4 is 0 Å². The maximum absolute atomic E-state index is 4.18. The molecule has 3 nitrogen and oxygen atoms in total. The standard InChI is InChI=1S/C14H11N3S.2C5H5.2Fe/c1-18-14-12(10-6-2-3-7-10)15-17-16-13(14)11-8-4-5-9-11;2*1-2-4-5-3-1;;/h2-9H,1H3;2*1-5H;;/q;;;2*+2. The Labute approximate surface area is 210 Å². The molecule has 20 radical (unpaired) electrons. The van der Waals surface area contributed by atoms with Crippen molar-refractivity contribution in [1.82, 2.24) is 15.4 Å². The Hall–Kier alpha value is 0.399. The van der Waals surface area contributed by atoms with Crippen LogP contribution >= 0.6 is 11.8 Å². The molecule has 0 bridgehead atoms. The van der Waals surface area contributed by atoms with Gasteiger partial charge < -0.3 is 0 Å². The van der Waals surface area contributed by atoms with Crippen LogP contribution in [0.2, 0.25) is 0 Å². The summed E-state index contributed by atoms with van der Waals surface area (Å²) in [7, 11) is 0. The van der Waals surface area contributed by atoms with Gasteiger partial charge in [0.15, 0.2) is 0 Å². The molecule has 30 heavy (non-hydrogen) atoms. The van der Waals surface area contributed by atoms with Crippen molar-refractivity contribution in [3.05, 3.63) is 139 Å². The first-order valence-corrected chi connectivity index (χ1v) is 10.2. The zero-order valence-corrected chi connectivity index (χ0v) is 19.4. The molecule has 4 fully saturated rings. The van der Waals surface area contributed by atoms with Gasteiger partial charge in [0.05, 0.1) is 16.3 Å². The van der Waals surface area contributed by atoms with Crippen LogP contribution in [-0.2, 0) is 34.1 Å². The monoisotopic (exact) mass is 495 g/mol. The van der Waals surface area contributed by atoms with Gasteiger partial charge in [-0.1, -0.05) is 0 Å². The van der Waals surface area contributed by atoms with Gasteiger partial charge in [0, 0.05) is 11.8 Å². The van der Waals surface area contributed by atoms with Gasteiger partial charge >= 0.3 is 34.1 Å². The second-order valence-corrected chi connectivity index (χ2v) is 6.61. The summed E-state index contributed by atoms with van der Waals surface area (Å²) >= 11 is 1.65. The summed E-state index contributed by atoms with van der Waals surface area (Å²) in [6.45, 7) is 0. The van der Waals surface area contributed by atoms with Gasteiger partial charge in [-0.05, 0) is 127 Å². The third-order valence-electron chi connectivity index (χ3n) is 3.91. The maximum Gasteiger partial charge on any atom is 2.00 e. The van der Waals surface area contributed by atoms with E-state index < -0.39 is 0 Å². The molecule has 0 N–H and O–H groups in total. The molecular formula is C24H21Fe2N3S+4. The van der Waals surface area contributed by atoms with E-state index in [0.29, 0.717) is 0 Å². The largest absolute Gasteiger partial charge is 2.00 e. The Morgan fingerprint density at radius 2 is 0.800 bits per heavy atom. The minimum Gasteiger partial charge on any atom is -0.133 e. The van der Waals surface area contributed by atoms with Gasteiger partial charge in [-0.3, -0.25) is 0 Å². The number of hydrogen-bond acceptors (Lipinski definition) is 4. The topological polar surface area (TPSA) is 38.7 Å². The molecule has 0 atom stereocenters. The number of nitrogens with zero attached hydrogens (tertiary/aromatic N) is 3. The molecule has 6 heteroatoms. The van der Waals surface area contributed by atoms with Crippen molar-refractivity contribution < 1.29 is 34.1 Å². The predicted octanol–water partition coefficient (Wildman–Crippen LogP) is 4.14. The molecular weight excluding hydrogens is 474 g/mol. The Balaban J connectivity index is 0.000000310. The van der Waals surface area contributed by atoms with Crippen LogP contribution in [0.4, 0.5) is 0 Å². The minimum atomic E-state index is 0. The van der Waals surface area contributed by atoms with Crippen LogP contribution in [0.3, 0.4) is 0 Å². The maximum atomic E-state index is 4.18. The van der Waals surface area contributed by atoms with E-state index in [-0.39, 0.29) is 34.1 Å². The molecule has 4 aliphatic rings. The van der Waals surface area contributed by atoms with E-state index in [4.69, 9.17) is 0 Å². The van der Waals surface area contributed by atoms with Gasteiger partial charge in [0.2, 0.25) is 0 Å². The fraction of sp³-hybridized carbons (Fsp3) is 0.0417. The molecule has 1 aromatic heterocycles. The summed E-state index contributed by atoms with van der Waals surface area (Å²) in [6, 6.07) is 0. The molecule has 0 amide bonds. The molecule has 1 heterocycles. The SMILES string of the molecule is CSc1c([C]2[CH][CH][CH][CH]2)nnnc1[C]1[CH][CH][CH][CH]1.[CH]1[CH][CH][CH][CH]1.[CH]1[CH][CH][CH][CH]1.[Fe+2].[Fe+2]. The van der Waals surface area contributed by atoms with E-state index in [1.165, 1.54) is 0 Å². The second-order valence-electron chi connectivity index (χ2n) is 5.79. The molecule has 4 aliphatic carbocycles. The van der Waals surface area contributed by atoms with Crippen molar-refractivity contribution in [3.63, 3.8) is 0 Å². The van der Waals surface area contributed by atoms with Crippen LogP contribution in [-0.4, -0.2) is 21.7 Å². The summed E-state index contributed by atoms with van der Waals surface area (Å²) < 4.78 is 0. The molecule has 0 spiro atoms. The second kappa shape index (κ2) is 17.0. The zero-order chi connectivity index (χ0) is 19.4. The molecule has 5 rings (SSSR count). The minimum absolute atomic E-state index is 0. The van der Waals surface area contributed by atoms with E-state index in [9.17, 15) is 0 Å². The Bertz CT molecular complexity index is 494. The number of aromatic nitrogens is 3. The van der Waals surface area contributed by atoms with E-state index in [1.54, 1.807) is 11.8 Å². The third kappa shape index (κ3) is 9.10. The average Bonchev–Trinajstić information content (AvgIpc) is 3.58. The Morgan fingerprint density at radius 3 is 1.07 bits per heavy atom. The van der Waals surface area contributed by atoms with Crippen LogP contribution in [0.5, 0.6) is 0 Å². The summed E-state index contributed by atoms with van der Waals surface area (Å²) in [5.41, 5.74) is 1.80.